The lowest BCUT2D eigenvalue weighted by Crippen LogP contribution is -2.20. The summed E-state index contributed by atoms with van der Waals surface area (Å²) in [6, 6.07) is 22.4. The molecule has 0 radical (unpaired) electrons. The maximum Gasteiger partial charge on any atom is 0.250 e. The second-order valence-corrected chi connectivity index (χ2v) is 8.32. The number of thioether (sulfide) groups is 1. The van der Waals surface area contributed by atoms with E-state index in [1.165, 1.54) is 22.3 Å². The first-order valence-electron chi connectivity index (χ1n) is 10.7. The van der Waals surface area contributed by atoms with Gasteiger partial charge < -0.3 is 9.47 Å². The van der Waals surface area contributed by atoms with Crippen LogP contribution >= 0.6 is 11.8 Å². The fourth-order valence-corrected chi connectivity index (χ4v) is 4.96. The molecular formula is C26H26N2O3S. The Bertz CT molecular complexity index is 1080. The third-order valence-corrected chi connectivity index (χ3v) is 6.40. The van der Waals surface area contributed by atoms with Gasteiger partial charge in [0.05, 0.1) is 30.4 Å². The van der Waals surface area contributed by atoms with Crippen LogP contribution in [0.2, 0.25) is 0 Å². The second-order valence-electron chi connectivity index (χ2n) is 7.23. The normalized spacial score (nSPS) is 12.4. The molecule has 0 aliphatic heterocycles. The number of hydrogen-bond donors (Lipinski definition) is 1. The highest BCUT2D eigenvalue weighted by atomic mass is 32.2. The Kier molecular flexibility index (Phi) is 7.12. The van der Waals surface area contributed by atoms with Crippen molar-refractivity contribution < 1.29 is 14.3 Å². The summed E-state index contributed by atoms with van der Waals surface area (Å²) in [6.45, 7) is 4.97. The molecule has 0 saturated carbocycles. The molecule has 0 aromatic heterocycles. The topological polar surface area (TPSA) is 59.9 Å². The second kappa shape index (κ2) is 10.4. The number of hydrogen-bond acceptors (Lipinski definition) is 5. The summed E-state index contributed by atoms with van der Waals surface area (Å²) in [4.78, 5) is 12.4. The molecule has 5 nitrogen and oxygen atoms in total. The SMILES string of the molecule is CCOc1ccc(/C=N\NC(=O)CSC2c3ccccc3-c3ccccc32)cc1OCC. The minimum atomic E-state index is -0.135. The number of benzene rings is 3. The molecule has 4 rings (SSSR count). The number of amides is 1. The van der Waals surface area contributed by atoms with Crippen molar-refractivity contribution in [3.63, 3.8) is 0 Å². The Morgan fingerprint density at radius 3 is 2.22 bits per heavy atom. The van der Waals surface area contributed by atoms with Crippen molar-refractivity contribution >= 4 is 23.9 Å². The third-order valence-electron chi connectivity index (χ3n) is 5.13. The predicted octanol–water partition coefficient (Wildman–Crippen LogP) is 5.44. The Morgan fingerprint density at radius 2 is 1.56 bits per heavy atom. The highest BCUT2D eigenvalue weighted by Crippen LogP contribution is 2.49. The van der Waals surface area contributed by atoms with Crippen molar-refractivity contribution in [1.29, 1.82) is 0 Å². The molecule has 1 amide bonds. The van der Waals surface area contributed by atoms with Crippen LogP contribution in [0.3, 0.4) is 0 Å². The first-order chi connectivity index (χ1) is 15.7. The van der Waals surface area contributed by atoms with Gasteiger partial charge in [0.1, 0.15) is 0 Å². The lowest BCUT2D eigenvalue weighted by molar-refractivity contribution is -0.118. The van der Waals surface area contributed by atoms with Crippen LogP contribution in [0.1, 0.15) is 35.8 Å². The van der Waals surface area contributed by atoms with E-state index in [4.69, 9.17) is 9.47 Å². The number of nitrogens with one attached hydrogen (secondary N) is 1. The number of hydrazone groups is 1. The Morgan fingerprint density at radius 1 is 0.938 bits per heavy atom. The fraction of sp³-hybridized carbons (Fsp3) is 0.231. The summed E-state index contributed by atoms with van der Waals surface area (Å²) in [5, 5.41) is 4.27. The van der Waals surface area contributed by atoms with Gasteiger partial charge in [0.25, 0.3) is 0 Å². The van der Waals surface area contributed by atoms with Gasteiger partial charge in [-0.2, -0.15) is 5.10 Å². The highest BCUT2D eigenvalue weighted by molar-refractivity contribution is 8.00. The van der Waals surface area contributed by atoms with Crippen LogP contribution in [0.15, 0.2) is 71.8 Å². The average Bonchev–Trinajstić information content (AvgIpc) is 3.13. The van der Waals surface area contributed by atoms with Crippen molar-refractivity contribution in [2.24, 2.45) is 5.10 Å². The molecule has 1 N–H and O–H groups in total. The maximum atomic E-state index is 12.4. The minimum Gasteiger partial charge on any atom is -0.490 e. The van der Waals surface area contributed by atoms with Crippen LogP contribution in [0, 0.1) is 0 Å². The van der Waals surface area contributed by atoms with Gasteiger partial charge in [-0.15, -0.1) is 11.8 Å². The van der Waals surface area contributed by atoms with Gasteiger partial charge in [-0.1, -0.05) is 48.5 Å². The third kappa shape index (κ3) is 4.81. The molecule has 0 bridgehead atoms. The number of rotatable bonds is 9. The number of carbonyl (C=O) groups excluding carboxylic acids is 1. The van der Waals surface area contributed by atoms with E-state index in [0.717, 1.165) is 5.56 Å². The molecule has 6 heteroatoms. The van der Waals surface area contributed by atoms with E-state index in [9.17, 15) is 4.79 Å². The number of ether oxygens (including phenoxy) is 2. The number of carbonyl (C=O) groups is 1. The first-order valence-corrected chi connectivity index (χ1v) is 11.8. The molecule has 164 valence electrons. The van der Waals surface area contributed by atoms with E-state index < -0.39 is 0 Å². The smallest absolute Gasteiger partial charge is 0.250 e. The van der Waals surface area contributed by atoms with Crippen LogP contribution in [-0.4, -0.2) is 31.1 Å². The van der Waals surface area contributed by atoms with Gasteiger partial charge in [0.15, 0.2) is 11.5 Å². The fourth-order valence-electron chi connectivity index (χ4n) is 3.81. The molecule has 1 aliphatic carbocycles. The summed E-state index contributed by atoms with van der Waals surface area (Å²) in [6.07, 6.45) is 1.61. The van der Waals surface area contributed by atoms with Crippen LogP contribution in [0.25, 0.3) is 11.1 Å². The van der Waals surface area contributed by atoms with Crippen molar-refractivity contribution in [1.82, 2.24) is 5.43 Å². The molecule has 32 heavy (non-hydrogen) atoms. The van der Waals surface area contributed by atoms with Crippen molar-refractivity contribution in [3.8, 4) is 22.6 Å². The molecule has 3 aromatic carbocycles. The van der Waals surface area contributed by atoms with Gasteiger partial charge in [-0.3, -0.25) is 4.79 Å². The number of fused-ring (bicyclic) bond motifs is 3. The molecule has 0 unspecified atom stereocenters. The lowest BCUT2D eigenvalue weighted by Gasteiger charge is -2.12. The monoisotopic (exact) mass is 446 g/mol. The summed E-state index contributed by atoms with van der Waals surface area (Å²) >= 11 is 1.62. The average molecular weight is 447 g/mol. The summed E-state index contributed by atoms with van der Waals surface area (Å²) in [5.41, 5.74) is 8.47. The van der Waals surface area contributed by atoms with E-state index in [0.29, 0.717) is 30.5 Å². The Labute approximate surface area is 192 Å². The molecule has 3 aromatic rings. The standard InChI is InChI=1S/C26H26N2O3S/c1-3-30-23-14-13-18(15-24(23)31-4-2)16-27-28-25(29)17-32-26-21-11-7-5-9-19(21)20-10-6-8-12-22(20)26/h5-16,26H,3-4,17H2,1-2H3,(H,28,29)/b27-16-. The predicted molar refractivity (Wildman–Crippen MR) is 131 cm³/mol. The Balaban J connectivity index is 1.37. The van der Waals surface area contributed by atoms with E-state index in [1.54, 1.807) is 18.0 Å². The van der Waals surface area contributed by atoms with Gasteiger partial charge in [0.2, 0.25) is 5.91 Å². The zero-order valence-corrected chi connectivity index (χ0v) is 19.0. The van der Waals surface area contributed by atoms with Crippen molar-refractivity contribution in [2.45, 2.75) is 19.1 Å². The number of nitrogens with zero attached hydrogens (tertiary/aromatic N) is 1. The minimum absolute atomic E-state index is 0.135. The zero-order chi connectivity index (χ0) is 22.3. The first kappa shape index (κ1) is 22.0. The molecular weight excluding hydrogens is 420 g/mol. The molecule has 1 aliphatic rings. The van der Waals surface area contributed by atoms with Crippen LogP contribution in [-0.2, 0) is 4.79 Å². The van der Waals surface area contributed by atoms with Crippen LogP contribution in [0.5, 0.6) is 11.5 Å². The zero-order valence-electron chi connectivity index (χ0n) is 18.2. The lowest BCUT2D eigenvalue weighted by atomic mass is 10.1. The van der Waals surface area contributed by atoms with E-state index in [-0.39, 0.29) is 11.2 Å². The summed E-state index contributed by atoms with van der Waals surface area (Å²) < 4.78 is 11.2. The van der Waals surface area contributed by atoms with Crippen LogP contribution in [0.4, 0.5) is 0 Å². The highest BCUT2D eigenvalue weighted by Gasteiger charge is 2.28. The maximum absolute atomic E-state index is 12.4. The van der Waals surface area contributed by atoms with Gasteiger partial charge in [0, 0.05) is 0 Å². The summed E-state index contributed by atoms with van der Waals surface area (Å²) in [5.74, 6) is 1.55. The van der Waals surface area contributed by atoms with Crippen LogP contribution < -0.4 is 14.9 Å². The molecule has 0 atom stereocenters. The van der Waals surface area contributed by atoms with Gasteiger partial charge >= 0.3 is 0 Å². The van der Waals surface area contributed by atoms with E-state index in [1.807, 2.05) is 32.0 Å². The largest absolute Gasteiger partial charge is 0.490 e. The van der Waals surface area contributed by atoms with Crippen molar-refractivity contribution in [3.05, 3.63) is 83.4 Å². The van der Waals surface area contributed by atoms with Crippen molar-refractivity contribution in [2.75, 3.05) is 19.0 Å². The van der Waals surface area contributed by atoms with Gasteiger partial charge in [-0.25, -0.2) is 5.43 Å². The molecule has 0 fully saturated rings. The Hall–Kier alpha value is -3.25. The molecule has 0 saturated heterocycles. The van der Waals surface area contributed by atoms with E-state index in [2.05, 4.69) is 59.1 Å². The van der Waals surface area contributed by atoms with Gasteiger partial charge in [-0.05, 0) is 59.9 Å². The molecule has 0 spiro atoms. The molecule has 0 heterocycles. The van der Waals surface area contributed by atoms with E-state index >= 15 is 0 Å². The quantitative estimate of drug-likeness (QED) is 0.351. The summed E-state index contributed by atoms with van der Waals surface area (Å²) in [7, 11) is 0.